The summed E-state index contributed by atoms with van der Waals surface area (Å²) in [6.07, 6.45) is -4.17. The fraction of sp³-hybridized carbons (Fsp3) is 0.500. The molecule has 1 aromatic rings. The maximum Gasteiger partial charge on any atom is 0.416 e. The summed E-state index contributed by atoms with van der Waals surface area (Å²) < 4.78 is 51.6. The van der Waals surface area contributed by atoms with Crippen molar-refractivity contribution in [3.63, 3.8) is 0 Å². The van der Waals surface area contributed by atoms with E-state index in [4.69, 9.17) is 5.11 Å². The standard InChI is InChI=1S/C16H15F4NO3/c17-15(14(23)24)5-6-21(8-15)13(22)12-7-11(12)9-1-3-10(4-2-9)16(18,19)20/h1-4,11-12H,5-8H2,(H,23,24). The molecule has 0 bridgehead atoms. The number of amides is 1. The number of nitrogens with zero attached hydrogens (tertiary/aromatic N) is 1. The zero-order valence-electron chi connectivity index (χ0n) is 12.5. The maximum absolute atomic E-state index is 14.0. The third-order valence-electron chi connectivity index (χ3n) is 4.69. The predicted octanol–water partition coefficient (Wildman–Crippen LogP) is 2.83. The molecule has 2 aliphatic rings. The molecule has 1 saturated heterocycles. The lowest BCUT2D eigenvalue weighted by Gasteiger charge is -2.18. The van der Waals surface area contributed by atoms with Crippen molar-refractivity contribution in [1.82, 2.24) is 4.90 Å². The molecule has 1 aromatic carbocycles. The van der Waals surface area contributed by atoms with Crippen molar-refractivity contribution >= 4 is 11.9 Å². The Hall–Kier alpha value is -2.12. The van der Waals surface area contributed by atoms with E-state index >= 15 is 0 Å². The van der Waals surface area contributed by atoms with E-state index in [9.17, 15) is 27.2 Å². The molecule has 2 fully saturated rings. The molecule has 1 N–H and O–H groups in total. The van der Waals surface area contributed by atoms with Crippen molar-refractivity contribution in [2.75, 3.05) is 13.1 Å². The largest absolute Gasteiger partial charge is 0.479 e. The van der Waals surface area contributed by atoms with E-state index in [0.717, 1.165) is 12.1 Å². The first-order chi connectivity index (χ1) is 11.1. The maximum atomic E-state index is 14.0. The van der Waals surface area contributed by atoms with Crippen LogP contribution in [0.1, 0.15) is 29.9 Å². The van der Waals surface area contributed by atoms with Crippen LogP contribution in [0.4, 0.5) is 17.6 Å². The minimum absolute atomic E-state index is 0.0395. The number of hydrogen-bond acceptors (Lipinski definition) is 2. The third-order valence-corrected chi connectivity index (χ3v) is 4.69. The summed E-state index contributed by atoms with van der Waals surface area (Å²) in [6.45, 7) is -0.435. The number of rotatable bonds is 3. The van der Waals surface area contributed by atoms with E-state index in [2.05, 4.69) is 0 Å². The topological polar surface area (TPSA) is 57.6 Å². The number of likely N-dealkylation sites (tertiary alicyclic amines) is 1. The highest BCUT2D eigenvalue weighted by Crippen LogP contribution is 2.49. The van der Waals surface area contributed by atoms with Gasteiger partial charge in [0.1, 0.15) is 0 Å². The molecule has 3 unspecified atom stereocenters. The van der Waals surface area contributed by atoms with Gasteiger partial charge in [-0.15, -0.1) is 0 Å². The molecular weight excluding hydrogens is 330 g/mol. The van der Waals surface area contributed by atoms with E-state index in [-0.39, 0.29) is 24.8 Å². The lowest BCUT2D eigenvalue weighted by Crippen LogP contribution is -2.39. The van der Waals surface area contributed by atoms with Gasteiger partial charge in [-0.05, 0) is 30.0 Å². The van der Waals surface area contributed by atoms with Gasteiger partial charge >= 0.3 is 12.1 Å². The second-order valence-electron chi connectivity index (χ2n) is 6.35. The van der Waals surface area contributed by atoms with Crippen LogP contribution in [-0.4, -0.2) is 40.6 Å². The molecule has 1 aliphatic heterocycles. The van der Waals surface area contributed by atoms with Gasteiger partial charge in [0.05, 0.1) is 12.1 Å². The molecule has 1 amide bonds. The molecule has 0 aromatic heterocycles. The highest BCUT2D eigenvalue weighted by Gasteiger charge is 2.52. The SMILES string of the molecule is O=C(C1CC1c1ccc(C(F)(F)F)cc1)N1CCC(F)(C(=O)O)C1. The Morgan fingerprint density at radius 1 is 1.21 bits per heavy atom. The molecule has 4 nitrogen and oxygen atoms in total. The zero-order valence-corrected chi connectivity index (χ0v) is 12.5. The monoisotopic (exact) mass is 345 g/mol. The van der Waals surface area contributed by atoms with Crippen molar-refractivity contribution in [1.29, 1.82) is 0 Å². The number of carbonyl (C=O) groups excluding carboxylic acids is 1. The number of alkyl halides is 4. The first-order valence-electron chi connectivity index (χ1n) is 7.50. The van der Waals surface area contributed by atoms with Gasteiger partial charge in [0.25, 0.3) is 0 Å². The first kappa shape index (κ1) is 16.7. The fourth-order valence-electron chi connectivity index (χ4n) is 3.13. The molecule has 1 saturated carbocycles. The summed E-state index contributed by atoms with van der Waals surface area (Å²) in [5, 5.41) is 8.84. The molecular formula is C16H15F4NO3. The second-order valence-corrected chi connectivity index (χ2v) is 6.35. The van der Waals surface area contributed by atoms with Gasteiger partial charge in [0.15, 0.2) is 0 Å². The highest BCUT2D eigenvalue weighted by atomic mass is 19.4. The molecule has 3 atom stereocenters. The third kappa shape index (κ3) is 2.97. The quantitative estimate of drug-likeness (QED) is 0.857. The highest BCUT2D eigenvalue weighted by molar-refractivity contribution is 5.86. The van der Waals surface area contributed by atoms with Crippen molar-refractivity contribution in [3.8, 4) is 0 Å². The summed E-state index contributed by atoms with van der Waals surface area (Å²) in [5.74, 6) is -2.52. The Morgan fingerprint density at radius 2 is 1.83 bits per heavy atom. The van der Waals surface area contributed by atoms with Crippen LogP contribution in [-0.2, 0) is 15.8 Å². The van der Waals surface area contributed by atoms with Crippen LogP contribution in [0.15, 0.2) is 24.3 Å². The van der Waals surface area contributed by atoms with Gasteiger partial charge < -0.3 is 10.0 Å². The molecule has 24 heavy (non-hydrogen) atoms. The molecule has 3 rings (SSSR count). The van der Waals surface area contributed by atoms with Crippen LogP contribution < -0.4 is 0 Å². The Kier molecular flexibility index (Phi) is 3.80. The lowest BCUT2D eigenvalue weighted by atomic mass is 10.1. The molecule has 130 valence electrons. The van der Waals surface area contributed by atoms with Crippen molar-refractivity contribution in [2.24, 2.45) is 5.92 Å². The van der Waals surface area contributed by atoms with E-state index in [1.165, 1.54) is 17.0 Å². The molecule has 0 radical (unpaired) electrons. The van der Waals surface area contributed by atoms with Crippen LogP contribution in [0.5, 0.6) is 0 Å². The number of carboxylic acids is 1. The summed E-state index contributed by atoms with van der Waals surface area (Å²) in [7, 11) is 0. The van der Waals surface area contributed by atoms with E-state index < -0.39 is 35.8 Å². The van der Waals surface area contributed by atoms with Crippen molar-refractivity contribution < 1.29 is 32.3 Å². The van der Waals surface area contributed by atoms with Gasteiger partial charge in [-0.25, -0.2) is 9.18 Å². The average Bonchev–Trinajstić information content (AvgIpc) is 3.21. The first-order valence-corrected chi connectivity index (χ1v) is 7.50. The van der Waals surface area contributed by atoms with E-state index in [1.807, 2.05) is 0 Å². The summed E-state index contributed by atoms with van der Waals surface area (Å²) in [4.78, 5) is 24.4. The van der Waals surface area contributed by atoms with Gasteiger partial charge in [-0.2, -0.15) is 13.2 Å². The van der Waals surface area contributed by atoms with E-state index in [1.54, 1.807) is 0 Å². The molecule has 1 heterocycles. The average molecular weight is 345 g/mol. The summed E-state index contributed by atoms with van der Waals surface area (Å²) >= 11 is 0. The van der Waals surface area contributed by atoms with E-state index in [0.29, 0.717) is 12.0 Å². The van der Waals surface area contributed by atoms with Gasteiger partial charge in [-0.3, -0.25) is 4.79 Å². The minimum atomic E-state index is -4.41. The number of carboxylic acid groups (broad SMARTS) is 1. The number of aliphatic carboxylic acids is 1. The van der Waals surface area contributed by atoms with Crippen LogP contribution in [0.3, 0.4) is 0 Å². The minimum Gasteiger partial charge on any atom is -0.479 e. The second kappa shape index (κ2) is 5.46. The van der Waals surface area contributed by atoms with Crippen LogP contribution in [0.2, 0.25) is 0 Å². The molecule has 8 heteroatoms. The zero-order chi connectivity index (χ0) is 17.7. The summed E-state index contributed by atoms with van der Waals surface area (Å²) in [6, 6.07) is 4.65. The predicted molar refractivity (Wildman–Crippen MR) is 75.0 cm³/mol. The van der Waals surface area contributed by atoms with Gasteiger partial charge in [0, 0.05) is 18.9 Å². The summed E-state index contributed by atoms with van der Waals surface area (Å²) in [5.41, 5.74) is -2.53. The number of carbonyl (C=O) groups is 2. The van der Waals surface area contributed by atoms with Crippen LogP contribution in [0, 0.1) is 5.92 Å². The smallest absolute Gasteiger partial charge is 0.416 e. The molecule has 0 spiro atoms. The normalized spacial score (nSPS) is 29.6. The Morgan fingerprint density at radius 3 is 2.33 bits per heavy atom. The van der Waals surface area contributed by atoms with Crippen LogP contribution in [0.25, 0.3) is 0 Å². The number of hydrogen-bond donors (Lipinski definition) is 1. The van der Waals surface area contributed by atoms with Crippen LogP contribution >= 0.6 is 0 Å². The fourth-order valence-corrected chi connectivity index (χ4v) is 3.13. The van der Waals surface area contributed by atoms with Crippen molar-refractivity contribution in [3.05, 3.63) is 35.4 Å². The van der Waals surface area contributed by atoms with Gasteiger partial charge in [0.2, 0.25) is 11.6 Å². The van der Waals surface area contributed by atoms with Crippen molar-refractivity contribution in [2.45, 2.75) is 30.6 Å². The Labute approximate surface area is 135 Å². The molecule has 1 aliphatic carbocycles. The lowest BCUT2D eigenvalue weighted by molar-refractivity contribution is -0.150. The van der Waals surface area contributed by atoms with Gasteiger partial charge in [-0.1, -0.05) is 12.1 Å². The Balaban J connectivity index is 1.63. The number of halogens is 4. The Bertz CT molecular complexity index is 673. The number of benzene rings is 1.